The predicted octanol–water partition coefficient (Wildman–Crippen LogP) is 4.33. The van der Waals surface area contributed by atoms with E-state index < -0.39 is 0 Å². The van der Waals surface area contributed by atoms with Crippen molar-refractivity contribution < 1.29 is 0 Å². The zero-order valence-corrected chi connectivity index (χ0v) is 12.0. The van der Waals surface area contributed by atoms with Gasteiger partial charge in [0.05, 0.1) is 0 Å². The molecule has 0 spiro atoms. The molecule has 0 N–H and O–H groups in total. The highest BCUT2D eigenvalue weighted by Crippen LogP contribution is 2.35. The monoisotopic (exact) mass is 331 g/mol. The minimum absolute atomic E-state index is 0.780. The van der Waals surface area contributed by atoms with Crippen molar-refractivity contribution in [2.24, 2.45) is 0 Å². The topological polar surface area (TPSA) is 3.24 Å². The van der Waals surface area contributed by atoms with E-state index in [4.69, 9.17) is 0 Å². The Morgan fingerprint density at radius 3 is 2.67 bits per heavy atom. The number of anilines is 1. The van der Waals surface area contributed by atoms with E-state index in [0.717, 1.165) is 17.9 Å². The minimum atomic E-state index is 0.780. The molecule has 0 atom stereocenters. The van der Waals surface area contributed by atoms with Gasteiger partial charge in [-0.15, -0.1) is 0 Å². The Bertz CT molecular complexity index is 347. The maximum Gasteiger partial charge on any atom is 0.0421 e. The van der Waals surface area contributed by atoms with Gasteiger partial charge in [-0.1, -0.05) is 37.9 Å². The van der Waals surface area contributed by atoms with Gasteiger partial charge in [-0.05, 0) is 37.5 Å². The van der Waals surface area contributed by atoms with Crippen LogP contribution in [0.3, 0.4) is 0 Å². The summed E-state index contributed by atoms with van der Waals surface area (Å²) in [6, 6.07) is 7.32. The molecule has 1 aromatic carbocycles. The maximum absolute atomic E-state index is 3.56. The minimum Gasteiger partial charge on any atom is -0.369 e. The molecule has 82 valence electrons. The van der Waals surface area contributed by atoms with Crippen LogP contribution in [0.1, 0.15) is 25.3 Å². The summed E-state index contributed by atoms with van der Waals surface area (Å²) in [5, 5.41) is 0.929. The number of benzene rings is 1. The van der Waals surface area contributed by atoms with Gasteiger partial charge in [0.15, 0.2) is 0 Å². The third-order valence-corrected chi connectivity index (χ3v) is 3.93. The highest BCUT2D eigenvalue weighted by molar-refractivity contribution is 9.10. The van der Waals surface area contributed by atoms with Gasteiger partial charge in [0.2, 0.25) is 0 Å². The van der Waals surface area contributed by atoms with Gasteiger partial charge >= 0.3 is 0 Å². The lowest BCUT2D eigenvalue weighted by atomic mass is 10.2. The Morgan fingerprint density at radius 2 is 2.13 bits per heavy atom. The fraction of sp³-hybridized carbons (Fsp3) is 0.500. The summed E-state index contributed by atoms with van der Waals surface area (Å²) < 4.78 is 1.17. The molecule has 15 heavy (non-hydrogen) atoms. The smallest absolute Gasteiger partial charge is 0.0421 e. The Morgan fingerprint density at radius 1 is 1.40 bits per heavy atom. The Balaban J connectivity index is 2.34. The van der Waals surface area contributed by atoms with Crippen LogP contribution < -0.4 is 4.90 Å². The van der Waals surface area contributed by atoms with Crippen LogP contribution in [0.4, 0.5) is 5.69 Å². The van der Waals surface area contributed by atoms with E-state index in [2.05, 4.69) is 61.9 Å². The molecule has 0 radical (unpaired) electrons. The second-order valence-corrected chi connectivity index (χ2v) is 5.40. The molecule has 0 bridgehead atoms. The zero-order valence-electron chi connectivity index (χ0n) is 8.84. The first-order chi connectivity index (χ1) is 7.26. The number of alkyl halides is 1. The van der Waals surface area contributed by atoms with Crippen molar-refractivity contribution in [2.45, 2.75) is 31.1 Å². The van der Waals surface area contributed by atoms with Crippen molar-refractivity contribution in [2.75, 3.05) is 11.4 Å². The van der Waals surface area contributed by atoms with Crippen molar-refractivity contribution in [3.05, 3.63) is 28.2 Å². The second-order valence-electron chi connectivity index (χ2n) is 3.92. The summed E-state index contributed by atoms with van der Waals surface area (Å²) in [7, 11) is 0. The Kier molecular flexibility index (Phi) is 3.73. The van der Waals surface area contributed by atoms with Crippen LogP contribution in [0.5, 0.6) is 0 Å². The molecule has 1 aromatic rings. The van der Waals surface area contributed by atoms with Gasteiger partial charge in [-0.3, -0.25) is 0 Å². The zero-order chi connectivity index (χ0) is 10.8. The van der Waals surface area contributed by atoms with Gasteiger partial charge in [-0.25, -0.2) is 0 Å². The Hall–Kier alpha value is -0.0200. The molecule has 0 aromatic heterocycles. The van der Waals surface area contributed by atoms with E-state index in [-0.39, 0.29) is 0 Å². The van der Waals surface area contributed by atoms with Gasteiger partial charge in [0.1, 0.15) is 0 Å². The summed E-state index contributed by atoms with van der Waals surface area (Å²) in [6.45, 7) is 3.33. The summed E-state index contributed by atoms with van der Waals surface area (Å²) in [6.07, 6.45) is 2.70. The summed E-state index contributed by atoms with van der Waals surface area (Å²) in [4.78, 5) is 2.52. The first kappa shape index (κ1) is 11.5. The van der Waals surface area contributed by atoms with E-state index in [1.807, 2.05) is 0 Å². The number of hydrogen-bond donors (Lipinski definition) is 0. The quantitative estimate of drug-likeness (QED) is 0.742. The standard InChI is InChI=1S/C12H15Br2N/c1-2-15(11-5-6-11)12-7-10(14)4-3-9(12)8-13/h3-4,7,11H,2,5-6,8H2,1H3. The molecule has 0 saturated heterocycles. The third-order valence-electron chi connectivity index (χ3n) is 2.83. The highest BCUT2D eigenvalue weighted by Gasteiger charge is 2.29. The largest absolute Gasteiger partial charge is 0.369 e. The lowest BCUT2D eigenvalue weighted by Gasteiger charge is -2.25. The highest BCUT2D eigenvalue weighted by atomic mass is 79.9. The molecular weight excluding hydrogens is 318 g/mol. The molecular formula is C12H15Br2N. The molecule has 0 amide bonds. The summed E-state index contributed by atoms with van der Waals surface area (Å²) in [5.74, 6) is 0. The first-order valence-electron chi connectivity index (χ1n) is 5.37. The SMILES string of the molecule is CCN(c1cc(Br)ccc1CBr)C1CC1. The average molecular weight is 333 g/mol. The maximum atomic E-state index is 3.56. The predicted molar refractivity (Wildman–Crippen MR) is 72.8 cm³/mol. The summed E-state index contributed by atoms with van der Waals surface area (Å²) in [5.41, 5.74) is 2.76. The fourth-order valence-corrected chi connectivity index (χ4v) is 2.75. The first-order valence-corrected chi connectivity index (χ1v) is 7.28. The molecule has 1 aliphatic carbocycles. The lowest BCUT2D eigenvalue weighted by Crippen LogP contribution is -2.26. The molecule has 0 aliphatic heterocycles. The molecule has 2 rings (SSSR count). The molecule has 0 unspecified atom stereocenters. The van der Waals surface area contributed by atoms with E-state index in [9.17, 15) is 0 Å². The van der Waals surface area contributed by atoms with Crippen LogP contribution in [-0.2, 0) is 5.33 Å². The van der Waals surface area contributed by atoms with Crippen molar-refractivity contribution in [3.63, 3.8) is 0 Å². The molecule has 1 saturated carbocycles. The normalized spacial score (nSPS) is 15.4. The number of halogens is 2. The molecule has 1 aliphatic rings. The van der Waals surface area contributed by atoms with Crippen molar-refractivity contribution in [3.8, 4) is 0 Å². The van der Waals surface area contributed by atoms with Crippen molar-refractivity contribution >= 4 is 37.5 Å². The van der Waals surface area contributed by atoms with Gasteiger partial charge in [0.25, 0.3) is 0 Å². The third kappa shape index (κ3) is 2.56. The van der Waals surface area contributed by atoms with Crippen LogP contribution in [-0.4, -0.2) is 12.6 Å². The van der Waals surface area contributed by atoms with E-state index in [0.29, 0.717) is 0 Å². The molecule has 3 heteroatoms. The molecule has 0 heterocycles. The average Bonchev–Trinajstić information content (AvgIpc) is 3.04. The molecule has 1 nitrogen and oxygen atoms in total. The van der Waals surface area contributed by atoms with E-state index >= 15 is 0 Å². The second kappa shape index (κ2) is 4.88. The number of nitrogens with zero attached hydrogens (tertiary/aromatic N) is 1. The van der Waals surface area contributed by atoms with E-state index in [1.54, 1.807) is 0 Å². The number of hydrogen-bond acceptors (Lipinski definition) is 1. The van der Waals surface area contributed by atoms with Crippen LogP contribution in [0.15, 0.2) is 22.7 Å². The van der Waals surface area contributed by atoms with Crippen LogP contribution in [0, 0.1) is 0 Å². The Labute approximate surface area is 108 Å². The number of rotatable bonds is 4. The van der Waals surface area contributed by atoms with Crippen molar-refractivity contribution in [1.82, 2.24) is 0 Å². The fourth-order valence-electron chi connectivity index (χ4n) is 1.93. The van der Waals surface area contributed by atoms with Gasteiger partial charge in [0, 0.05) is 28.1 Å². The lowest BCUT2D eigenvalue weighted by molar-refractivity contribution is 0.821. The van der Waals surface area contributed by atoms with Crippen LogP contribution >= 0.6 is 31.9 Å². The molecule has 1 fully saturated rings. The van der Waals surface area contributed by atoms with E-state index in [1.165, 1.54) is 28.6 Å². The van der Waals surface area contributed by atoms with Gasteiger partial charge < -0.3 is 4.90 Å². The van der Waals surface area contributed by atoms with Crippen molar-refractivity contribution in [1.29, 1.82) is 0 Å². The van der Waals surface area contributed by atoms with Crippen LogP contribution in [0.25, 0.3) is 0 Å². The summed E-state index contributed by atoms with van der Waals surface area (Å²) >= 11 is 7.11. The van der Waals surface area contributed by atoms with Gasteiger partial charge in [-0.2, -0.15) is 0 Å². The van der Waals surface area contributed by atoms with Crippen LogP contribution in [0.2, 0.25) is 0 Å².